The number of methoxy groups -OCH3 is 1. The summed E-state index contributed by atoms with van der Waals surface area (Å²) < 4.78 is 45.7. The number of guanidine groups is 1. The highest BCUT2D eigenvalue weighted by Crippen LogP contribution is 2.38. The number of hydrogen-bond acceptors (Lipinski definition) is 5. The summed E-state index contributed by atoms with van der Waals surface area (Å²) in [4.78, 5) is 4.10. The smallest absolute Gasteiger partial charge is 0.387 e. The topological polar surface area (TPSA) is 73.3 Å². The second-order valence-electron chi connectivity index (χ2n) is 5.93. The van der Waals surface area contributed by atoms with Gasteiger partial charge in [0.2, 0.25) is 6.79 Å². The van der Waals surface area contributed by atoms with Crippen LogP contribution in [0.5, 0.6) is 17.2 Å². The monoisotopic (exact) mass is 487 g/mol. The second-order valence-corrected chi connectivity index (χ2v) is 5.93. The van der Waals surface area contributed by atoms with Gasteiger partial charge in [-0.05, 0) is 19.9 Å². The van der Waals surface area contributed by atoms with E-state index in [-0.39, 0.29) is 48.7 Å². The van der Waals surface area contributed by atoms with Gasteiger partial charge in [0.05, 0.1) is 5.60 Å². The molecule has 0 bridgehead atoms. The fraction of sp³-hybridized carbons (Fsp3) is 0.562. The highest BCUT2D eigenvalue weighted by Gasteiger charge is 2.21. The maximum atomic E-state index is 12.6. The normalized spacial score (nSPS) is 13.4. The first-order valence-electron chi connectivity index (χ1n) is 7.71. The van der Waals surface area contributed by atoms with Crippen LogP contribution in [-0.4, -0.2) is 45.7 Å². The van der Waals surface area contributed by atoms with Gasteiger partial charge in [-0.1, -0.05) is 0 Å². The van der Waals surface area contributed by atoms with Gasteiger partial charge in [-0.15, -0.1) is 24.0 Å². The molecule has 0 aromatic heterocycles. The van der Waals surface area contributed by atoms with Gasteiger partial charge in [0.15, 0.2) is 17.5 Å². The molecular formula is C16H24F2IN3O4. The van der Waals surface area contributed by atoms with Crippen LogP contribution < -0.4 is 24.8 Å². The minimum atomic E-state index is -2.93. The quantitative estimate of drug-likeness (QED) is 0.350. The number of nitrogens with one attached hydrogen (secondary N) is 2. The lowest BCUT2D eigenvalue weighted by Gasteiger charge is -2.24. The summed E-state index contributed by atoms with van der Waals surface area (Å²) in [7, 11) is 3.24. The molecule has 7 nitrogen and oxygen atoms in total. The van der Waals surface area contributed by atoms with E-state index in [1.165, 1.54) is 6.07 Å². The van der Waals surface area contributed by atoms with E-state index in [1.807, 2.05) is 13.8 Å². The standard InChI is InChI=1S/C16H23F2N3O4.HI/c1-16(2,22-4)8-21-15(19-3)20-7-10-5-12-13(24-9-23-12)6-11(10)25-14(17)18;/h5-6,14H,7-9H2,1-4H3,(H2,19,20,21);1H. The van der Waals surface area contributed by atoms with Gasteiger partial charge in [0, 0.05) is 38.9 Å². The molecule has 2 rings (SSSR count). The van der Waals surface area contributed by atoms with E-state index >= 15 is 0 Å². The van der Waals surface area contributed by atoms with E-state index < -0.39 is 6.61 Å². The lowest BCUT2D eigenvalue weighted by molar-refractivity contribution is -0.0505. The molecule has 148 valence electrons. The van der Waals surface area contributed by atoms with Gasteiger partial charge in [-0.2, -0.15) is 8.78 Å². The summed E-state index contributed by atoms with van der Waals surface area (Å²) in [5.74, 6) is 1.40. The lowest BCUT2D eigenvalue weighted by atomic mass is 10.1. The summed E-state index contributed by atoms with van der Waals surface area (Å²) in [6, 6.07) is 3.01. The number of rotatable bonds is 7. The second kappa shape index (κ2) is 9.95. The van der Waals surface area contributed by atoms with Crippen molar-refractivity contribution in [1.82, 2.24) is 10.6 Å². The Morgan fingerprint density at radius 2 is 1.92 bits per heavy atom. The molecule has 1 aromatic carbocycles. The number of nitrogens with zero attached hydrogens (tertiary/aromatic N) is 1. The number of alkyl halides is 2. The first kappa shape index (κ1) is 22.5. The van der Waals surface area contributed by atoms with Crippen LogP contribution in [0.4, 0.5) is 8.78 Å². The first-order valence-corrected chi connectivity index (χ1v) is 7.71. The highest BCUT2D eigenvalue weighted by molar-refractivity contribution is 14.0. The zero-order chi connectivity index (χ0) is 18.4. The molecule has 0 saturated heterocycles. The van der Waals surface area contributed by atoms with Crippen LogP contribution in [0.3, 0.4) is 0 Å². The van der Waals surface area contributed by atoms with Crippen molar-refractivity contribution < 1.29 is 27.7 Å². The van der Waals surface area contributed by atoms with E-state index in [0.29, 0.717) is 29.6 Å². The van der Waals surface area contributed by atoms with Gasteiger partial charge in [0.1, 0.15) is 5.75 Å². The Balaban J connectivity index is 0.00000338. The molecular weight excluding hydrogens is 463 g/mol. The van der Waals surface area contributed by atoms with Gasteiger partial charge in [0.25, 0.3) is 0 Å². The molecule has 0 atom stereocenters. The number of fused-ring (bicyclic) bond motifs is 1. The molecule has 10 heteroatoms. The third-order valence-corrected chi connectivity index (χ3v) is 3.68. The van der Waals surface area contributed by atoms with Crippen LogP contribution in [0.25, 0.3) is 0 Å². The summed E-state index contributed by atoms with van der Waals surface area (Å²) in [5, 5.41) is 6.16. The average molecular weight is 487 g/mol. The molecule has 0 aliphatic carbocycles. The summed E-state index contributed by atoms with van der Waals surface area (Å²) >= 11 is 0. The molecule has 0 unspecified atom stereocenters. The highest BCUT2D eigenvalue weighted by atomic mass is 127. The number of halogens is 3. The molecule has 0 saturated carbocycles. The molecule has 1 aromatic rings. The molecule has 0 radical (unpaired) electrons. The largest absolute Gasteiger partial charge is 0.454 e. The van der Waals surface area contributed by atoms with Crippen molar-refractivity contribution in [2.45, 2.75) is 32.6 Å². The van der Waals surface area contributed by atoms with Crippen LogP contribution in [0, 0.1) is 0 Å². The molecule has 2 N–H and O–H groups in total. The molecule has 0 amide bonds. The third-order valence-electron chi connectivity index (χ3n) is 3.68. The summed E-state index contributed by atoms with van der Waals surface area (Å²) in [6.45, 7) is 1.71. The van der Waals surface area contributed by atoms with E-state index in [9.17, 15) is 8.78 Å². The number of hydrogen-bond donors (Lipinski definition) is 2. The Labute approximate surface area is 168 Å². The van der Waals surface area contributed by atoms with Gasteiger partial charge in [-0.25, -0.2) is 0 Å². The predicted octanol–water partition coefficient (Wildman–Crippen LogP) is 2.72. The third kappa shape index (κ3) is 6.31. The van der Waals surface area contributed by atoms with E-state index in [1.54, 1.807) is 20.2 Å². The molecule has 1 aliphatic heterocycles. The molecule has 26 heavy (non-hydrogen) atoms. The Morgan fingerprint density at radius 3 is 2.50 bits per heavy atom. The Kier molecular flexibility index (Phi) is 8.60. The van der Waals surface area contributed by atoms with E-state index in [4.69, 9.17) is 14.2 Å². The molecule has 0 fully saturated rings. The van der Waals surface area contributed by atoms with E-state index in [0.717, 1.165) is 0 Å². The Bertz CT molecular complexity index is 630. The maximum absolute atomic E-state index is 12.6. The van der Waals surface area contributed by atoms with Crippen molar-refractivity contribution >= 4 is 29.9 Å². The van der Waals surface area contributed by atoms with Crippen molar-refractivity contribution in [2.75, 3.05) is 27.5 Å². The fourth-order valence-electron chi connectivity index (χ4n) is 2.08. The van der Waals surface area contributed by atoms with Crippen molar-refractivity contribution in [3.8, 4) is 17.2 Å². The van der Waals surface area contributed by atoms with Gasteiger partial charge >= 0.3 is 6.61 Å². The average Bonchev–Trinajstić information content (AvgIpc) is 3.01. The molecule has 0 spiro atoms. The first-order chi connectivity index (χ1) is 11.8. The Hall–Kier alpha value is -1.56. The van der Waals surface area contributed by atoms with Gasteiger partial charge < -0.3 is 29.6 Å². The summed E-state index contributed by atoms with van der Waals surface area (Å²) in [5.41, 5.74) is 0.124. The predicted molar refractivity (Wildman–Crippen MR) is 104 cm³/mol. The SMILES string of the molecule is CN=C(NCc1cc2c(cc1OC(F)F)OCO2)NCC(C)(C)OC.I. The van der Waals surface area contributed by atoms with Crippen molar-refractivity contribution in [1.29, 1.82) is 0 Å². The van der Waals surface area contributed by atoms with Crippen LogP contribution in [0.2, 0.25) is 0 Å². The van der Waals surface area contributed by atoms with Crippen LogP contribution in [0.15, 0.2) is 17.1 Å². The zero-order valence-electron chi connectivity index (χ0n) is 15.1. The van der Waals surface area contributed by atoms with Crippen molar-refractivity contribution in [3.63, 3.8) is 0 Å². The van der Waals surface area contributed by atoms with Gasteiger partial charge in [-0.3, -0.25) is 4.99 Å². The minimum absolute atomic E-state index is 0. The number of aliphatic imine (C=N–C) groups is 1. The molecule has 1 aliphatic rings. The van der Waals surface area contributed by atoms with Crippen LogP contribution >= 0.6 is 24.0 Å². The fourth-order valence-corrected chi connectivity index (χ4v) is 2.08. The zero-order valence-corrected chi connectivity index (χ0v) is 17.4. The van der Waals surface area contributed by atoms with Crippen molar-refractivity contribution in [3.05, 3.63) is 17.7 Å². The Morgan fingerprint density at radius 1 is 1.27 bits per heavy atom. The summed E-state index contributed by atoms with van der Waals surface area (Å²) in [6.07, 6.45) is 0. The number of benzene rings is 1. The minimum Gasteiger partial charge on any atom is -0.454 e. The van der Waals surface area contributed by atoms with Crippen LogP contribution in [0.1, 0.15) is 19.4 Å². The lowest BCUT2D eigenvalue weighted by Crippen LogP contribution is -2.45. The number of ether oxygens (including phenoxy) is 4. The van der Waals surface area contributed by atoms with Crippen LogP contribution in [-0.2, 0) is 11.3 Å². The van der Waals surface area contributed by atoms with E-state index in [2.05, 4.69) is 20.4 Å². The van der Waals surface area contributed by atoms with Crippen molar-refractivity contribution in [2.24, 2.45) is 4.99 Å². The maximum Gasteiger partial charge on any atom is 0.387 e. The molecule has 1 heterocycles.